The van der Waals surface area contributed by atoms with Gasteiger partial charge in [0.25, 0.3) is 0 Å². The summed E-state index contributed by atoms with van der Waals surface area (Å²) in [5.74, 6) is 2.39. The molecule has 1 atom stereocenters. The lowest BCUT2D eigenvalue weighted by Gasteiger charge is -2.10. The summed E-state index contributed by atoms with van der Waals surface area (Å²) in [4.78, 5) is 4.19. The van der Waals surface area contributed by atoms with Crippen molar-refractivity contribution >= 4 is 0 Å². The van der Waals surface area contributed by atoms with Gasteiger partial charge in [-0.3, -0.25) is 0 Å². The van der Waals surface area contributed by atoms with Gasteiger partial charge in [0.15, 0.2) is 5.89 Å². The van der Waals surface area contributed by atoms with E-state index in [1.165, 1.54) is 0 Å². The standard InChI is InChI=1S/C10H18N2O/c1-4-9(7-11-3)5-10-12-6-8(2)13-10/h6,9,11H,4-5,7H2,1-3H3. The predicted molar refractivity (Wildman–Crippen MR) is 52.7 cm³/mol. The Balaban J connectivity index is 2.46. The number of aryl methyl sites for hydroxylation is 1. The average molecular weight is 182 g/mol. The van der Waals surface area contributed by atoms with E-state index in [1.807, 2.05) is 14.0 Å². The fraction of sp³-hybridized carbons (Fsp3) is 0.700. The van der Waals surface area contributed by atoms with Crippen LogP contribution in [0.5, 0.6) is 0 Å². The second-order valence-corrected chi connectivity index (χ2v) is 3.40. The number of hydrogen-bond donors (Lipinski definition) is 1. The van der Waals surface area contributed by atoms with Crippen LogP contribution in [0.3, 0.4) is 0 Å². The molecule has 0 fully saturated rings. The summed E-state index contributed by atoms with van der Waals surface area (Å²) in [5.41, 5.74) is 0. The molecule has 0 aromatic carbocycles. The van der Waals surface area contributed by atoms with Crippen molar-refractivity contribution in [1.82, 2.24) is 10.3 Å². The van der Waals surface area contributed by atoms with Gasteiger partial charge in [0, 0.05) is 6.42 Å². The van der Waals surface area contributed by atoms with E-state index in [0.29, 0.717) is 5.92 Å². The highest BCUT2D eigenvalue weighted by atomic mass is 16.3. The maximum absolute atomic E-state index is 5.42. The van der Waals surface area contributed by atoms with Crippen LogP contribution in [-0.4, -0.2) is 18.6 Å². The molecule has 74 valence electrons. The Morgan fingerprint density at radius 3 is 2.85 bits per heavy atom. The third-order valence-electron chi connectivity index (χ3n) is 2.20. The van der Waals surface area contributed by atoms with Gasteiger partial charge in [-0.2, -0.15) is 0 Å². The molecule has 13 heavy (non-hydrogen) atoms. The van der Waals surface area contributed by atoms with Crippen molar-refractivity contribution in [2.45, 2.75) is 26.7 Å². The molecule has 3 heteroatoms. The van der Waals surface area contributed by atoms with Crippen LogP contribution in [0.4, 0.5) is 0 Å². The zero-order valence-corrected chi connectivity index (χ0v) is 8.63. The van der Waals surface area contributed by atoms with Crippen LogP contribution in [0.15, 0.2) is 10.6 Å². The SMILES string of the molecule is CCC(CNC)Cc1ncc(C)o1. The number of aromatic nitrogens is 1. The van der Waals surface area contributed by atoms with Crippen molar-refractivity contribution in [2.75, 3.05) is 13.6 Å². The zero-order valence-electron chi connectivity index (χ0n) is 8.63. The zero-order chi connectivity index (χ0) is 9.68. The minimum absolute atomic E-state index is 0.628. The molecule has 1 heterocycles. The molecule has 0 spiro atoms. The topological polar surface area (TPSA) is 38.1 Å². The quantitative estimate of drug-likeness (QED) is 0.754. The first-order chi connectivity index (χ1) is 6.26. The molecule has 1 rings (SSSR count). The summed E-state index contributed by atoms with van der Waals surface area (Å²) in [6.07, 6.45) is 3.87. The molecule has 3 nitrogen and oxygen atoms in total. The second kappa shape index (κ2) is 5.02. The highest BCUT2D eigenvalue weighted by Gasteiger charge is 2.09. The number of rotatable bonds is 5. The molecular weight excluding hydrogens is 164 g/mol. The normalized spacial score (nSPS) is 13.2. The van der Waals surface area contributed by atoms with Crippen LogP contribution >= 0.6 is 0 Å². The number of nitrogens with one attached hydrogen (secondary N) is 1. The fourth-order valence-corrected chi connectivity index (χ4v) is 1.39. The van der Waals surface area contributed by atoms with E-state index < -0.39 is 0 Å². The van der Waals surface area contributed by atoms with Crippen molar-refractivity contribution in [3.05, 3.63) is 17.8 Å². The van der Waals surface area contributed by atoms with Crippen molar-refractivity contribution in [1.29, 1.82) is 0 Å². The van der Waals surface area contributed by atoms with Gasteiger partial charge in [0.05, 0.1) is 6.20 Å². The number of nitrogens with zero attached hydrogens (tertiary/aromatic N) is 1. The second-order valence-electron chi connectivity index (χ2n) is 3.40. The number of hydrogen-bond acceptors (Lipinski definition) is 3. The lowest BCUT2D eigenvalue weighted by atomic mass is 10.0. The molecule has 1 N–H and O–H groups in total. The summed E-state index contributed by atoms with van der Waals surface area (Å²) in [7, 11) is 1.98. The largest absolute Gasteiger partial charge is 0.446 e. The van der Waals surface area contributed by atoms with E-state index in [9.17, 15) is 0 Å². The predicted octanol–water partition coefficient (Wildman–Crippen LogP) is 1.77. The Kier molecular flexibility index (Phi) is 3.96. The summed E-state index contributed by atoms with van der Waals surface area (Å²) in [5, 5.41) is 3.18. The first-order valence-electron chi connectivity index (χ1n) is 4.82. The first-order valence-corrected chi connectivity index (χ1v) is 4.82. The molecule has 1 aromatic rings. The molecular formula is C10H18N2O. The van der Waals surface area contributed by atoms with Gasteiger partial charge in [0.2, 0.25) is 0 Å². The molecule has 0 saturated carbocycles. The van der Waals surface area contributed by atoms with Gasteiger partial charge in [-0.15, -0.1) is 0 Å². The Morgan fingerprint density at radius 2 is 2.38 bits per heavy atom. The Morgan fingerprint density at radius 1 is 1.62 bits per heavy atom. The van der Waals surface area contributed by atoms with Gasteiger partial charge >= 0.3 is 0 Å². The summed E-state index contributed by atoms with van der Waals surface area (Å²) < 4.78 is 5.42. The third-order valence-corrected chi connectivity index (χ3v) is 2.20. The van der Waals surface area contributed by atoms with Gasteiger partial charge in [-0.25, -0.2) is 4.98 Å². The average Bonchev–Trinajstić information content (AvgIpc) is 2.50. The summed E-state index contributed by atoms with van der Waals surface area (Å²) in [6, 6.07) is 0. The van der Waals surface area contributed by atoms with Crippen molar-refractivity contribution in [3.8, 4) is 0 Å². The molecule has 0 radical (unpaired) electrons. The van der Waals surface area contributed by atoms with Crippen molar-refractivity contribution < 1.29 is 4.42 Å². The van der Waals surface area contributed by atoms with Gasteiger partial charge in [-0.1, -0.05) is 13.3 Å². The van der Waals surface area contributed by atoms with E-state index in [2.05, 4.69) is 17.2 Å². The lowest BCUT2D eigenvalue weighted by Crippen LogP contribution is -2.20. The van der Waals surface area contributed by atoms with Crippen LogP contribution < -0.4 is 5.32 Å². The van der Waals surface area contributed by atoms with Crippen LogP contribution in [0.25, 0.3) is 0 Å². The van der Waals surface area contributed by atoms with Crippen LogP contribution in [-0.2, 0) is 6.42 Å². The summed E-state index contributed by atoms with van der Waals surface area (Å²) in [6.45, 7) is 5.14. The Labute approximate surface area is 79.5 Å². The van der Waals surface area contributed by atoms with E-state index >= 15 is 0 Å². The molecule has 0 saturated heterocycles. The van der Waals surface area contributed by atoms with Crippen molar-refractivity contribution in [2.24, 2.45) is 5.92 Å². The molecule has 0 aliphatic heterocycles. The highest BCUT2D eigenvalue weighted by molar-refractivity contribution is 4.91. The fourth-order valence-electron chi connectivity index (χ4n) is 1.39. The van der Waals surface area contributed by atoms with Crippen LogP contribution in [0, 0.1) is 12.8 Å². The van der Waals surface area contributed by atoms with E-state index in [0.717, 1.165) is 31.0 Å². The maximum atomic E-state index is 5.42. The molecule has 0 aliphatic rings. The van der Waals surface area contributed by atoms with Gasteiger partial charge < -0.3 is 9.73 Å². The van der Waals surface area contributed by atoms with Crippen LogP contribution in [0.1, 0.15) is 25.0 Å². The van der Waals surface area contributed by atoms with Gasteiger partial charge in [-0.05, 0) is 26.4 Å². The lowest BCUT2D eigenvalue weighted by molar-refractivity contribution is 0.399. The van der Waals surface area contributed by atoms with Crippen LogP contribution in [0.2, 0.25) is 0 Å². The first kappa shape index (κ1) is 10.3. The van der Waals surface area contributed by atoms with E-state index in [1.54, 1.807) is 6.20 Å². The Bertz CT molecular complexity index is 245. The van der Waals surface area contributed by atoms with Gasteiger partial charge in [0.1, 0.15) is 5.76 Å². The molecule has 1 unspecified atom stereocenters. The number of oxazole rings is 1. The minimum Gasteiger partial charge on any atom is -0.446 e. The minimum atomic E-state index is 0.628. The summed E-state index contributed by atoms with van der Waals surface area (Å²) >= 11 is 0. The monoisotopic (exact) mass is 182 g/mol. The smallest absolute Gasteiger partial charge is 0.194 e. The van der Waals surface area contributed by atoms with Crippen molar-refractivity contribution in [3.63, 3.8) is 0 Å². The Hall–Kier alpha value is -0.830. The molecule has 0 bridgehead atoms. The molecule has 0 amide bonds. The molecule has 1 aromatic heterocycles. The van der Waals surface area contributed by atoms with E-state index in [-0.39, 0.29) is 0 Å². The molecule has 0 aliphatic carbocycles. The third kappa shape index (κ3) is 3.19. The highest BCUT2D eigenvalue weighted by Crippen LogP contribution is 2.11. The van der Waals surface area contributed by atoms with E-state index in [4.69, 9.17) is 4.42 Å². The maximum Gasteiger partial charge on any atom is 0.194 e.